The lowest BCUT2D eigenvalue weighted by atomic mass is 10.7. The summed E-state index contributed by atoms with van der Waals surface area (Å²) >= 11 is 14.0. The largest absolute Gasteiger partial charge is 0.445 e. The standard InChI is InChI=1S/C3H2Cl2F4O.C3H3ClF4O.Cl2.H2O/c4-2(5)10-1(6)3(7,8)9;4-1-9-2(5)3(6,7)8;1-2;/h1-2H;2H,1H2;;1H2. The fraction of sp³-hybridized carbons (Fsp3) is 1.00. The highest BCUT2D eigenvalue weighted by molar-refractivity contribution is 6.85. The maximum atomic E-state index is 11.6. The molecule has 0 amide bonds. The first-order valence-corrected chi connectivity index (χ1v) is 6.54. The Hall–Kier alpha value is 0.770. The Labute approximate surface area is 143 Å². The molecule has 140 valence electrons. The first kappa shape index (κ1) is 30.6. The Morgan fingerprint density at radius 1 is 0.818 bits per heavy atom. The summed E-state index contributed by atoms with van der Waals surface area (Å²) in [5.74, 6) is 0. The normalized spacial score (nSPS) is 13.9. The van der Waals surface area contributed by atoms with Crippen LogP contribution in [0.25, 0.3) is 0 Å². The van der Waals surface area contributed by atoms with Crippen LogP contribution in [0.15, 0.2) is 0 Å². The molecule has 0 aliphatic rings. The summed E-state index contributed by atoms with van der Waals surface area (Å²) in [6.45, 7) is 0. The van der Waals surface area contributed by atoms with E-state index in [4.69, 9.17) is 0 Å². The van der Waals surface area contributed by atoms with E-state index in [1.54, 1.807) is 0 Å². The zero-order valence-electron chi connectivity index (χ0n) is 9.67. The first-order chi connectivity index (χ1) is 9.32. The minimum atomic E-state index is -5.07. The maximum Gasteiger partial charge on any atom is 0.445 e. The van der Waals surface area contributed by atoms with Gasteiger partial charge in [-0.2, -0.15) is 26.3 Å². The average Bonchev–Trinajstić information content (AvgIpc) is 2.29. The maximum absolute atomic E-state index is 11.6. The van der Waals surface area contributed by atoms with Gasteiger partial charge in [0.1, 0.15) is 6.07 Å². The molecule has 2 unspecified atom stereocenters. The lowest BCUT2D eigenvalue weighted by molar-refractivity contribution is -0.262. The zero-order valence-corrected chi connectivity index (χ0v) is 13.4. The summed E-state index contributed by atoms with van der Waals surface area (Å²) < 4.78 is 96.7. The van der Waals surface area contributed by atoms with E-state index in [0.717, 1.165) is 0 Å². The Morgan fingerprint density at radius 3 is 1.23 bits per heavy atom. The minimum absolute atomic E-state index is 0. The van der Waals surface area contributed by atoms with Crippen molar-refractivity contribution >= 4 is 56.5 Å². The van der Waals surface area contributed by atoms with Crippen molar-refractivity contribution in [1.82, 2.24) is 0 Å². The topological polar surface area (TPSA) is 50.0 Å². The van der Waals surface area contributed by atoms with Gasteiger partial charge in [-0.1, -0.05) is 34.8 Å². The molecule has 0 saturated heterocycles. The van der Waals surface area contributed by atoms with Gasteiger partial charge < -0.3 is 14.9 Å². The summed E-state index contributed by atoms with van der Waals surface area (Å²) in [4.78, 5) is 0. The van der Waals surface area contributed by atoms with Gasteiger partial charge in [0.05, 0.1) is 0 Å². The zero-order chi connectivity index (χ0) is 17.9. The summed E-state index contributed by atoms with van der Waals surface area (Å²) in [7, 11) is 8.22. The van der Waals surface area contributed by atoms with E-state index >= 15 is 0 Å². The first-order valence-electron chi connectivity index (χ1n) is 3.99. The van der Waals surface area contributed by atoms with Crippen molar-refractivity contribution in [1.29, 1.82) is 0 Å². The molecule has 0 spiro atoms. The molecule has 0 aliphatic carbocycles. The predicted octanol–water partition coefficient (Wildman–Crippen LogP) is 5.23. The molecule has 0 bridgehead atoms. The summed E-state index contributed by atoms with van der Waals surface area (Å²) in [6.07, 6.45) is -16.7. The van der Waals surface area contributed by atoms with E-state index in [9.17, 15) is 35.1 Å². The summed E-state index contributed by atoms with van der Waals surface area (Å²) in [5, 5.41) is -1.81. The third kappa shape index (κ3) is 20.8. The second kappa shape index (κ2) is 15.3. The quantitative estimate of drug-likeness (QED) is 0.430. The monoisotopic (exact) mass is 454 g/mol. The molecule has 0 rings (SSSR count). The molecule has 0 saturated carbocycles. The average molecular weight is 456 g/mol. The van der Waals surface area contributed by atoms with Crippen molar-refractivity contribution in [2.75, 3.05) is 6.07 Å². The van der Waals surface area contributed by atoms with Crippen LogP contribution < -0.4 is 0 Å². The summed E-state index contributed by atoms with van der Waals surface area (Å²) in [5.41, 5.74) is 0. The molecule has 3 nitrogen and oxygen atoms in total. The summed E-state index contributed by atoms with van der Waals surface area (Å²) in [6, 6.07) is -0.805. The molecule has 2 atom stereocenters. The molecule has 2 N–H and O–H groups in total. The predicted molar refractivity (Wildman–Crippen MR) is 65.6 cm³/mol. The Morgan fingerprint density at radius 2 is 1.14 bits per heavy atom. The molecule has 22 heavy (non-hydrogen) atoms. The van der Waals surface area contributed by atoms with Gasteiger partial charge in [-0.05, 0) is 0 Å². The Bertz CT molecular complexity index is 241. The van der Waals surface area contributed by atoms with Gasteiger partial charge in [0.15, 0.2) is 0 Å². The van der Waals surface area contributed by atoms with E-state index in [2.05, 4.69) is 66.0 Å². The third-order valence-electron chi connectivity index (χ3n) is 0.946. The lowest BCUT2D eigenvalue weighted by Crippen LogP contribution is -2.28. The number of hydrogen-bond acceptors (Lipinski definition) is 2. The molecule has 0 fully saturated rings. The van der Waals surface area contributed by atoms with Crippen LogP contribution in [0.2, 0.25) is 0 Å². The van der Waals surface area contributed by atoms with E-state index in [0.29, 0.717) is 0 Å². The molecule has 0 aromatic carbocycles. The van der Waals surface area contributed by atoms with Gasteiger partial charge in [0.25, 0.3) is 12.7 Å². The van der Waals surface area contributed by atoms with Crippen LogP contribution in [-0.4, -0.2) is 41.6 Å². The van der Waals surface area contributed by atoms with Gasteiger partial charge >= 0.3 is 12.4 Å². The smallest absolute Gasteiger partial charge is 0.412 e. The third-order valence-corrected chi connectivity index (χ3v) is 1.28. The number of ether oxygens (including phenoxy) is 2. The van der Waals surface area contributed by atoms with Crippen LogP contribution in [-0.2, 0) is 9.47 Å². The lowest BCUT2D eigenvalue weighted by Gasteiger charge is -2.12. The van der Waals surface area contributed by atoms with Crippen molar-refractivity contribution in [2.45, 2.75) is 30.1 Å². The molecule has 0 radical (unpaired) electrons. The molecule has 0 aromatic heterocycles. The van der Waals surface area contributed by atoms with Crippen molar-refractivity contribution < 1.29 is 50.1 Å². The van der Waals surface area contributed by atoms with E-state index < -0.39 is 36.2 Å². The Kier molecular flexibility index (Phi) is 21.3. The fourth-order valence-electron chi connectivity index (χ4n) is 0.317. The van der Waals surface area contributed by atoms with Crippen LogP contribution in [0.4, 0.5) is 35.1 Å². The fourth-order valence-corrected chi connectivity index (χ4v) is 0.609. The number of rotatable bonds is 4. The van der Waals surface area contributed by atoms with E-state index in [1.807, 2.05) is 0 Å². The van der Waals surface area contributed by atoms with Crippen LogP contribution in [0.3, 0.4) is 0 Å². The van der Waals surface area contributed by atoms with Crippen LogP contribution in [0.1, 0.15) is 0 Å². The highest BCUT2D eigenvalue weighted by Gasteiger charge is 2.42. The van der Waals surface area contributed by atoms with Crippen molar-refractivity contribution in [3.63, 3.8) is 0 Å². The van der Waals surface area contributed by atoms with E-state index in [1.165, 1.54) is 0 Å². The second-order valence-electron chi connectivity index (χ2n) is 2.39. The van der Waals surface area contributed by atoms with Gasteiger partial charge in [0, 0.05) is 21.7 Å². The number of hydrogen-bond donors (Lipinski definition) is 0. The SMILES string of the molecule is ClCl.FC(OC(Cl)Cl)C(F)(F)F.FC(OCCl)C(F)(F)F.O. The molecular formula is C6H7Cl5F8O3. The van der Waals surface area contributed by atoms with Crippen LogP contribution in [0, 0.1) is 0 Å². The van der Waals surface area contributed by atoms with Crippen molar-refractivity contribution in [3.05, 3.63) is 0 Å². The molecule has 0 aliphatic heterocycles. The second-order valence-corrected chi connectivity index (χ2v) is 3.62. The highest BCUT2D eigenvalue weighted by Crippen LogP contribution is 2.26. The molecule has 0 heterocycles. The van der Waals surface area contributed by atoms with E-state index in [-0.39, 0.29) is 5.48 Å². The number of alkyl halides is 11. The molecule has 0 aromatic rings. The molecule has 16 heteroatoms. The van der Waals surface area contributed by atoms with Gasteiger partial charge in [-0.3, -0.25) is 0 Å². The van der Waals surface area contributed by atoms with Gasteiger partial charge in [0.2, 0.25) is 5.02 Å². The van der Waals surface area contributed by atoms with Gasteiger partial charge in [-0.25, -0.2) is 8.78 Å². The highest BCUT2D eigenvalue weighted by atomic mass is 36.5. The number of halogens is 13. The Balaban J connectivity index is -0.000000127. The molecular weight excluding hydrogens is 449 g/mol. The van der Waals surface area contributed by atoms with Gasteiger partial charge in [-0.15, -0.1) is 0 Å². The van der Waals surface area contributed by atoms with Crippen LogP contribution in [0.5, 0.6) is 0 Å². The van der Waals surface area contributed by atoms with Crippen molar-refractivity contribution in [2.24, 2.45) is 0 Å². The van der Waals surface area contributed by atoms with Crippen molar-refractivity contribution in [3.8, 4) is 0 Å². The van der Waals surface area contributed by atoms with Crippen LogP contribution >= 0.6 is 56.5 Å². The minimum Gasteiger partial charge on any atom is -0.412 e.